The van der Waals surface area contributed by atoms with Crippen LogP contribution in [0.25, 0.3) is 0 Å². The molecule has 0 aliphatic carbocycles. The van der Waals surface area contributed by atoms with E-state index in [2.05, 4.69) is 25.8 Å². The fourth-order valence-corrected chi connectivity index (χ4v) is 6.25. The summed E-state index contributed by atoms with van der Waals surface area (Å²) in [5, 5.41) is 9.93. The van der Waals surface area contributed by atoms with Gasteiger partial charge in [0.2, 0.25) is 0 Å². The second kappa shape index (κ2) is 5.80. The summed E-state index contributed by atoms with van der Waals surface area (Å²) in [6.45, 7) is 12.6. The van der Waals surface area contributed by atoms with E-state index in [9.17, 15) is 5.11 Å². The van der Waals surface area contributed by atoms with Crippen LogP contribution in [0.15, 0.2) is 4.99 Å². The summed E-state index contributed by atoms with van der Waals surface area (Å²) in [5.41, 5.74) is 0. The van der Waals surface area contributed by atoms with Gasteiger partial charge in [0.05, 0.1) is 13.3 Å². The number of nitrogens with zero attached hydrogens (tertiary/aromatic N) is 1. The lowest BCUT2D eigenvalue weighted by molar-refractivity contribution is 0.208. The minimum atomic E-state index is -1.61. The number of aliphatic imine (C=N–C) groups is 1. The van der Waals surface area contributed by atoms with E-state index in [0.717, 1.165) is 18.1 Å². The van der Waals surface area contributed by atoms with Gasteiger partial charge in [-0.25, -0.2) is 0 Å². The van der Waals surface area contributed by atoms with Crippen molar-refractivity contribution in [3.8, 4) is 0 Å². The SMILES string of the molecule is CC[Si](CC)(CC)C(C)(O)C=NC(C)C. The molecule has 1 atom stereocenters. The first-order chi connectivity index (χ1) is 6.85. The topological polar surface area (TPSA) is 32.6 Å². The van der Waals surface area contributed by atoms with E-state index in [-0.39, 0.29) is 6.04 Å². The molecule has 0 amide bonds. The van der Waals surface area contributed by atoms with Crippen LogP contribution in [0.2, 0.25) is 18.1 Å². The minimum absolute atomic E-state index is 0.272. The molecule has 0 fully saturated rings. The van der Waals surface area contributed by atoms with Gasteiger partial charge in [0.15, 0.2) is 0 Å². The van der Waals surface area contributed by atoms with Crippen LogP contribution in [0.1, 0.15) is 41.5 Å². The van der Waals surface area contributed by atoms with E-state index in [0.29, 0.717) is 0 Å². The molecule has 0 radical (unpaired) electrons. The van der Waals surface area contributed by atoms with Crippen molar-refractivity contribution in [3.63, 3.8) is 0 Å². The second-order valence-electron chi connectivity index (χ2n) is 4.86. The third-order valence-electron chi connectivity index (χ3n) is 3.73. The maximum Gasteiger partial charge on any atom is 0.0969 e. The van der Waals surface area contributed by atoms with Crippen LogP contribution in [0.4, 0.5) is 0 Å². The standard InChI is InChI=1S/C12H27NOSi/c1-7-15(8-2,9-3)12(6,14)10-13-11(4)5/h10-11,14H,7-9H2,1-6H3. The molecule has 0 aromatic rings. The third kappa shape index (κ3) is 3.42. The predicted molar refractivity (Wildman–Crippen MR) is 71.4 cm³/mol. The van der Waals surface area contributed by atoms with Crippen LogP contribution in [-0.4, -0.2) is 30.7 Å². The second-order valence-corrected chi connectivity index (χ2v) is 10.6. The number of rotatable bonds is 6. The van der Waals surface area contributed by atoms with Crippen molar-refractivity contribution in [2.75, 3.05) is 0 Å². The average Bonchev–Trinajstić information content (AvgIpc) is 2.18. The van der Waals surface area contributed by atoms with Crippen molar-refractivity contribution in [2.24, 2.45) is 4.99 Å². The van der Waals surface area contributed by atoms with Crippen LogP contribution >= 0.6 is 0 Å². The molecule has 0 rings (SSSR count). The predicted octanol–water partition coefficient (Wildman–Crippen LogP) is 3.26. The molecule has 0 aliphatic rings. The Morgan fingerprint density at radius 1 is 1.20 bits per heavy atom. The molecule has 0 aliphatic heterocycles. The number of hydrogen-bond acceptors (Lipinski definition) is 2. The third-order valence-corrected chi connectivity index (χ3v) is 10.1. The quantitative estimate of drug-likeness (QED) is 0.550. The van der Waals surface area contributed by atoms with Gasteiger partial charge in [-0.2, -0.15) is 0 Å². The first-order valence-electron chi connectivity index (χ1n) is 6.12. The maximum atomic E-state index is 10.6. The molecule has 0 spiro atoms. The number of hydrogen-bond donors (Lipinski definition) is 1. The summed E-state index contributed by atoms with van der Waals surface area (Å²) < 4.78 is 0. The molecule has 0 saturated heterocycles. The van der Waals surface area contributed by atoms with Gasteiger partial charge in [-0.05, 0) is 20.8 Å². The Morgan fingerprint density at radius 3 is 1.87 bits per heavy atom. The first kappa shape index (κ1) is 14.8. The van der Waals surface area contributed by atoms with Gasteiger partial charge in [0.25, 0.3) is 0 Å². The molecule has 1 N–H and O–H groups in total. The lowest BCUT2D eigenvalue weighted by atomic mass is 10.4. The van der Waals surface area contributed by atoms with Crippen LogP contribution in [-0.2, 0) is 0 Å². The highest BCUT2D eigenvalue weighted by atomic mass is 28.3. The zero-order valence-electron chi connectivity index (χ0n) is 11.2. The molecule has 0 aromatic carbocycles. The van der Waals surface area contributed by atoms with Crippen molar-refractivity contribution in [1.29, 1.82) is 0 Å². The lowest BCUT2D eigenvalue weighted by Crippen LogP contribution is -2.56. The summed E-state index contributed by atoms with van der Waals surface area (Å²) in [6, 6.07) is 3.64. The maximum absolute atomic E-state index is 10.6. The fourth-order valence-electron chi connectivity index (χ4n) is 2.25. The van der Waals surface area contributed by atoms with Gasteiger partial charge in [-0.3, -0.25) is 4.99 Å². The van der Waals surface area contributed by atoms with Gasteiger partial charge in [-0.15, -0.1) is 0 Å². The van der Waals surface area contributed by atoms with E-state index < -0.39 is 13.3 Å². The van der Waals surface area contributed by atoms with E-state index in [4.69, 9.17) is 0 Å². The van der Waals surface area contributed by atoms with Crippen molar-refractivity contribution in [1.82, 2.24) is 0 Å². The number of aliphatic hydroxyl groups is 1. The summed E-state index contributed by atoms with van der Waals surface area (Å²) in [5.74, 6) is 0. The van der Waals surface area contributed by atoms with E-state index in [1.807, 2.05) is 20.8 Å². The summed E-state index contributed by atoms with van der Waals surface area (Å²) in [4.78, 5) is 4.37. The van der Waals surface area contributed by atoms with Crippen LogP contribution in [0.5, 0.6) is 0 Å². The molecular weight excluding hydrogens is 202 g/mol. The van der Waals surface area contributed by atoms with Crippen molar-refractivity contribution < 1.29 is 5.11 Å². The van der Waals surface area contributed by atoms with Gasteiger partial charge in [0.1, 0.15) is 0 Å². The highest BCUT2D eigenvalue weighted by Gasteiger charge is 2.43. The van der Waals surface area contributed by atoms with E-state index in [1.54, 1.807) is 6.21 Å². The van der Waals surface area contributed by atoms with E-state index >= 15 is 0 Å². The fraction of sp³-hybridized carbons (Fsp3) is 0.917. The van der Waals surface area contributed by atoms with Crippen LogP contribution in [0.3, 0.4) is 0 Å². The van der Waals surface area contributed by atoms with Crippen molar-refractivity contribution in [2.45, 2.75) is 70.9 Å². The van der Waals surface area contributed by atoms with Crippen molar-refractivity contribution in [3.05, 3.63) is 0 Å². The Morgan fingerprint density at radius 2 is 1.60 bits per heavy atom. The van der Waals surface area contributed by atoms with Gasteiger partial charge in [-0.1, -0.05) is 38.9 Å². The molecular formula is C12H27NOSi. The van der Waals surface area contributed by atoms with Crippen molar-refractivity contribution >= 4 is 14.3 Å². The molecule has 0 aromatic heterocycles. The molecule has 90 valence electrons. The Kier molecular flexibility index (Phi) is 5.74. The Balaban J connectivity index is 4.94. The molecule has 2 nitrogen and oxygen atoms in total. The largest absolute Gasteiger partial charge is 0.388 e. The first-order valence-corrected chi connectivity index (χ1v) is 8.74. The molecule has 1 unspecified atom stereocenters. The monoisotopic (exact) mass is 229 g/mol. The smallest absolute Gasteiger partial charge is 0.0969 e. The van der Waals surface area contributed by atoms with Crippen LogP contribution in [0, 0.1) is 0 Å². The Labute approximate surface area is 95.8 Å². The summed E-state index contributed by atoms with van der Waals surface area (Å²) in [7, 11) is -1.61. The highest BCUT2D eigenvalue weighted by molar-refractivity contribution is 6.84. The molecule has 3 heteroatoms. The molecule has 15 heavy (non-hydrogen) atoms. The zero-order chi connectivity index (χ0) is 12.1. The van der Waals surface area contributed by atoms with E-state index in [1.165, 1.54) is 0 Å². The Bertz CT molecular complexity index is 199. The van der Waals surface area contributed by atoms with Gasteiger partial charge < -0.3 is 5.11 Å². The lowest BCUT2D eigenvalue weighted by Gasteiger charge is -2.40. The molecule has 0 heterocycles. The molecule has 0 bridgehead atoms. The average molecular weight is 229 g/mol. The minimum Gasteiger partial charge on any atom is -0.388 e. The summed E-state index contributed by atoms with van der Waals surface area (Å²) in [6.07, 6.45) is 1.81. The Hall–Kier alpha value is -0.153. The molecule has 0 saturated carbocycles. The van der Waals surface area contributed by atoms with Crippen LogP contribution < -0.4 is 0 Å². The zero-order valence-corrected chi connectivity index (χ0v) is 12.2. The summed E-state index contributed by atoms with van der Waals surface area (Å²) >= 11 is 0. The normalized spacial score (nSPS) is 17.3. The van der Waals surface area contributed by atoms with Gasteiger partial charge >= 0.3 is 0 Å². The highest BCUT2D eigenvalue weighted by Crippen LogP contribution is 2.31. The van der Waals surface area contributed by atoms with Gasteiger partial charge in [0, 0.05) is 12.3 Å².